The van der Waals surface area contributed by atoms with E-state index in [1.165, 1.54) is 4.88 Å². The molecule has 0 amide bonds. The van der Waals surface area contributed by atoms with Crippen LogP contribution in [0.15, 0.2) is 47.6 Å². The van der Waals surface area contributed by atoms with E-state index in [0.717, 1.165) is 17.0 Å². The average Bonchev–Trinajstić information content (AvgIpc) is 2.90. The topological polar surface area (TPSA) is 21.6 Å². The minimum atomic E-state index is 0.756. The molecule has 0 radical (unpaired) electrons. The maximum Gasteiger partial charge on any atom is 0.157 e. The summed E-state index contributed by atoms with van der Waals surface area (Å²) in [5.74, 6) is 0.756. The molecule has 0 aliphatic carbocycles. The number of nitrogens with zero attached hydrogens (tertiary/aromatic N) is 1. The van der Waals surface area contributed by atoms with E-state index in [-0.39, 0.29) is 0 Å². The van der Waals surface area contributed by atoms with Crippen molar-refractivity contribution in [3.05, 3.63) is 52.2 Å². The van der Waals surface area contributed by atoms with E-state index in [1.54, 1.807) is 17.6 Å². The number of rotatable bonds is 4. The van der Waals surface area contributed by atoms with Gasteiger partial charge in [0.1, 0.15) is 0 Å². The summed E-state index contributed by atoms with van der Waals surface area (Å²) in [4.78, 5) is 7.71. The van der Waals surface area contributed by atoms with Gasteiger partial charge in [-0.3, -0.25) is 0 Å². The quantitative estimate of drug-likeness (QED) is 0.575. The lowest BCUT2D eigenvalue weighted by Gasteiger charge is -1.95. The summed E-state index contributed by atoms with van der Waals surface area (Å²) in [7, 11) is 0. The van der Waals surface area contributed by atoms with Crippen LogP contribution >= 0.6 is 11.3 Å². The van der Waals surface area contributed by atoms with Gasteiger partial charge in [-0.25, -0.2) is 0 Å². The van der Waals surface area contributed by atoms with Crippen molar-refractivity contribution in [1.82, 2.24) is 0 Å². The maximum absolute atomic E-state index is 5.23. The molecule has 0 saturated heterocycles. The van der Waals surface area contributed by atoms with E-state index >= 15 is 0 Å². The first-order chi connectivity index (χ1) is 8.88. The van der Waals surface area contributed by atoms with Crippen molar-refractivity contribution in [2.45, 2.75) is 27.2 Å². The van der Waals surface area contributed by atoms with Crippen molar-refractivity contribution < 1.29 is 4.84 Å². The standard InChI is InChI=1S/C13H13NOS.C2H6/c1-2-12-8-9-13(16-12)10-14-15-11-6-4-3-5-7-11;1-2/h3-10H,2H2,1H3;1-2H3/b14-10+;. The lowest BCUT2D eigenvalue weighted by atomic mass is 10.3. The summed E-state index contributed by atoms with van der Waals surface area (Å²) >= 11 is 1.74. The molecule has 1 heterocycles. The molecule has 0 aliphatic heterocycles. The van der Waals surface area contributed by atoms with Gasteiger partial charge in [-0.05, 0) is 30.7 Å². The third-order valence-electron chi connectivity index (χ3n) is 2.11. The lowest BCUT2D eigenvalue weighted by Crippen LogP contribution is -1.83. The van der Waals surface area contributed by atoms with Crippen molar-refractivity contribution in [3.8, 4) is 5.75 Å². The maximum atomic E-state index is 5.23. The van der Waals surface area contributed by atoms with E-state index in [1.807, 2.05) is 44.2 Å². The van der Waals surface area contributed by atoms with Crippen LogP contribution < -0.4 is 4.84 Å². The van der Waals surface area contributed by atoms with Gasteiger partial charge in [-0.1, -0.05) is 44.1 Å². The number of hydrogen-bond acceptors (Lipinski definition) is 3. The van der Waals surface area contributed by atoms with E-state index in [2.05, 4.69) is 24.2 Å². The van der Waals surface area contributed by atoms with Gasteiger partial charge >= 0.3 is 0 Å². The van der Waals surface area contributed by atoms with Crippen LogP contribution in [0, 0.1) is 0 Å². The second kappa shape index (κ2) is 8.48. The van der Waals surface area contributed by atoms with Crippen molar-refractivity contribution in [3.63, 3.8) is 0 Å². The van der Waals surface area contributed by atoms with Gasteiger partial charge in [0.2, 0.25) is 0 Å². The molecule has 0 bridgehead atoms. The van der Waals surface area contributed by atoms with Crippen molar-refractivity contribution in [2.75, 3.05) is 0 Å². The SMILES string of the molecule is CC.CCc1ccc(/C=N/Oc2ccccc2)s1. The van der Waals surface area contributed by atoms with Gasteiger partial charge in [0, 0.05) is 9.75 Å². The predicted molar refractivity (Wildman–Crippen MR) is 79.7 cm³/mol. The molecular weight excluding hydrogens is 242 g/mol. The zero-order chi connectivity index (χ0) is 13.2. The fourth-order valence-corrected chi connectivity index (χ4v) is 2.09. The summed E-state index contributed by atoms with van der Waals surface area (Å²) in [6.07, 6.45) is 2.81. The Hall–Kier alpha value is -1.61. The summed E-state index contributed by atoms with van der Waals surface area (Å²) in [6.45, 7) is 6.15. The van der Waals surface area contributed by atoms with Gasteiger partial charge < -0.3 is 4.84 Å². The molecular formula is C15H19NOS. The zero-order valence-corrected chi connectivity index (χ0v) is 11.9. The molecule has 0 saturated carbocycles. The van der Waals surface area contributed by atoms with Gasteiger partial charge in [0.15, 0.2) is 5.75 Å². The van der Waals surface area contributed by atoms with Crippen LogP contribution in [0.3, 0.4) is 0 Å². The fraction of sp³-hybridized carbons (Fsp3) is 0.267. The molecule has 0 aliphatic rings. The van der Waals surface area contributed by atoms with E-state index in [0.29, 0.717) is 0 Å². The normalized spacial score (nSPS) is 9.94. The Bertz CT molecular complexity index is 462. The molecule has 0 unspecified atom stereocenters. The minimum absolute atomic E-state index is 0.756. The molecule has 18 heavy (non-hydrogen) atoms. The molecule has 1 aromatic carbocycles. The monoisotopic (exact) mass is 261 g/mol. The molecule has 2 aromatic rings. The average molecular weight is 261 g/mol. The van der Waals surface area contributed by atoms with Crippen LogP contribution in [-0.2, 0) is 6.42 Å². The van der Waals surface area contributed by atoms with Crippen LogP contribution in [0.1, 0.15) is 30.5 Å². The van der Waals surface area contributed by atoms with Crippen molar-refractivity contribution in [1.29, 1.82) is 0 Å². The van der Waals surface area contributed by atoms with Crippen LogP contribution in [0.5, 0.6) is 5.75 Å². The smallest absolute Gasteiger partial charge is 0.157 e. The number of hydrogen-bond donors (Lipinski definition) is 0. The highest BCUT2D eigenvalue weighted by Crippen LogP contribution is 2.15. The summed E-state index contributed by atoms with van der Waals surface area (Å²) in [5, 5.41) is 3.94. The van der Waals surface area contributed by atoms with Crippen molar-refractivity contribution >= 4 is 17.6 Å². The third kappa shape index (κ3) is 4.72. The fourth-order valence-electron chi connectivity index (χ4n) is 1.27. The minimum Gasteiger partial charge on any atom is -0.357 e. The van der Waals surface area contributed by atoms with Crippen LogP contribution in [-0.4, -0.2) is 6.21 Å². The molecule has 2 nitrogen and oxygen atoms in total. The Labute approximate surface area is 113 Å². The summed E-state index contributed by atoms with van der Waals surface area (Å²) in [5.41, 5.74) is 0. The molecule has 3 heteroatoms. The predicted octanol–water partition coefficient (Wildman–Crippen LogP) is 4.75. The third-order valence-corrected chi connectivity index (χ3v) is 3.28. The molecule has 0 N–H and O–H groups in total. The zero-order valence-electron chi connectivity index (χ0n) is 11.1. The molecule has 2 rings (SSSR count). The number of benzene rings is 1. The highest BCUT2D eigenvalue weighted by Gasteiger charge is 1.95. The van der Waals surface area contributed by atoms with Crippen LogP contribution in [0.25, 0.3) is 0 Å². The Balaban J connectivity index is 0.000000771. The Morgan fingerprint density at radius 1 is 1.11 bits per heavy atom. The Morgan fingerprint density at radius 2 is 1.83 bits per heavy atom. The number of oxime groups is 1. The van der Waals surface area contributed by atoms with Crippen LogP contribution in [0.2, 0.25) is 0 Å². The van der Waals surface area contributed by atoms with Crippen molar-refractivity contribution in [2.24, 2.45) is 5.16 Å². The molecule has 0 fully saturated rings. The number of thiophene rings is 1. The molecule has 0 atom stereocenters. The molecule has 1 aromatic heterocycles. The number of aryl methyl sites for hydroxylation is 1. The van der Waals surface area contributed by atoms with E-state index in [9.17, 15) is 0 Å². The van der Waals surface area contributed by atoms with Gasteiger partial charge in [0.05, 0.1) is 6.21 Å². The van der Waals surface area contributed by atoms with E-state index in [4.69, 9.17) is 4.84 Å². The summed E-state index contributed by atoms with van der Waals surface area (Å²) < 4.78 is 0. The largest absolute Gasteiger partial charge is 0.357 e. The summed E-state index contributed by atoms with van der Waals surface area (Å²) in [6, 6.07) is 13.7. The first-order valence-electron chi connectivity index (χ1n) is 6.22. The van der Waals surface area contributed by atoms with Gasteiger partial charge in [0.25, 0.3) is 0 Å². The van der Waals surface area contributed by atoms with Crippen LogP contribution in [0.4, 0.5) is 0 Å². The van der Waals surface area contributed by atoms with Gasteiger partial charge in [-0.2, -0.15) is 0 Å². The first kappa shape index (κ1) is 14.5. The highest BCUT2D eigenvalue weighted by molar-refractivity contribution is 7.13. The molecule has 0 spiro atoms. The van der Waals surface area contributed by atoms with E-state index < -0.39 is 0 Å². The second-order valence-electron chi connectivity index (χ2n) is 3.30. The highest BCUT2D eigenvalue weighted by atomic mass is 32.1. The second-order valence-corrected chi connectivity index (χ2v) is 4.50. The number of para-hydroxylation sites is 1. The Morgan fingerprint density at radius 3 is 2.44 bits per heavy atom. The molecule has 96 valence electrons. The first-order valence-corrected chi connectivity index (χ1v) is 7.04. The van der Waals surface area contributed by atoms with Gasteiger partial charge in [-0.15, -0.1) is 11.3 Å². The lowest BCUT2D eigenvalue weighted by molar-refractivity contribution is 0.344. The Kier molecular flexibility index (Phi) is 6.81.